The van der Waals surface area contributed by atoms with Gasteiger partial charge in [0.1, 0.15) is 0 Å². The Kier molecular flexibility index (Phi) is 5.87. The topological polar surface area (TPSA) is 26.3 Å². The van der Waals surface area contributed by atoms with E-state index in [1.807, 2.05) is 6.08 Å². The molecule has 3 heteroatoms. The van der Waals surface area contributed by atoms with E-state index in [4.69, 9.17) is 4.43 Å². The normalized spacial score (nSPS) is 27.9. The summed E-state index contributed by atoms with van der Waals surface area (Å²) in [5.41, 5.74) is 0.881. The predicted octanol–water partition coefficient (Wildman–Crippen LogP) is 2.23. The molecule has 0 spiro atoms. The van der Waals surface area contributed by atoms with Gasteiger partial charge in [-0.2, -0.15) is 0 Å². The maximum absolute atomic E-state index is 10.6. The van der Waals surface area contributed by atoms with Crippen molar-refractivity contribution in [2.24, 2.45) is 5.92 Å². The first kappa shape index (κ1) is 12.7. The van der Waals surface area contributed by atoms with Gasteiger partial charge in [-0.1, -0.05) is 38.7 Å². The van der Waals surface area contributed by atoms with Gasteiger partial charge in [0.2, 0.25) is 0 Å². The van der Waals surface area contributed by atoms with Crippen LogP contribution in [-0.4, -0.2) is 22.2 Å². The van der Waals surface area contributed by atoms with Crippen LogP contribution in [0.2, 0.25) is 5.54 Å². The molecule has 0 aromatic heterocycles. The van der Waals surface area contributed by atoms with E-state index in [1.165, 1.54) is 25.7 Å². The minimum atomic E-state index is -0.365. The first-order chi connectivity index (χ1) is 7.18. The second kappa shape index (κ2) is 6.96. The average Bonchev–Trinajstić information content (AvgIpc) is 2.20. The van der Waals surface area contributed by atoms with Crippen molar-refractivity contribution in [3.8, 4) is 0 Å². The highest BCUT2D eigenvalue weighted by molar-refractivity contribution is 6.29. The zero-order valence-electron chi connectivity index (χ0n) is 9.87. The van der Waals surface area contributed by atoms with Crippen molar-refractivity contribution in [1.29, 1.82) is 0 Å². The fourth-order valence-electron chi connectivity index (χ4n) is 2.01. The summed E-state index contributed by atoms with van der Waals surface area (Å²) in [6.45, 7) is 4.54. The van der Waals surface area contributed by atoms with Crippen molar-refractivity contribution < 1.29 is 9.22 Å². The van der Waals surface area contributed by atoms with E-state index in [0.717, 1.165) is 11.5 Å². The van der Waals surface area contributed by atoms with Crippen LogP contribution >= 0.6 is 0 Å². The molecule has 0 bridgehead atoms. The van der Waals surface area contributed by atoms with Gasteiger partial charge in [-0.3, -0.25) is 4.79 Å². The third kappa shape index (κ3) is 5.90. The second-order valence-electron chi connectivity index (χ2n) is 4.68. The Balaban J connectivity index is 2.03. The van der Waals surface area contributed by atoms with Gasteiger partial charge < -0.3 is 4.43 Å². The Labute approximate surface area is 95.0 Å². The molecule has 0 aliphatic heterocycles. The van der Waals surface area contributed by atoms with Gasteiger partial charge >= 0.3 is 0 Å². The van der Waals surface area contributed by atoms with E-state index >= 15 is 0 Å². The van der Waals surface area contributed by atoms with Crippen LogP contribution in [0.1, 0.15) is 39.5 Å². The summed E-state index contributed by atoms with van der Waals surface area (Å²) < 4.78 is 5.66. The van der Waals surface area contributed by atoms with Gasteiger partial charge in [-0.05, 0) is 24.5 Å². The van der Waals surface area contributed by atoms with E-state index < -0.39 is 0 Å². The van der Waals surface area contributed by atoms with Crippen LogP contribution in [0.4, 0.5) is 0 Å². The molecular formula is C12H22O2Si. The van der Waals surface area contributed by atoms with Crippen molar-refractivity contribution >= 4 is 15.5 Å². The van der Waals surface area contributed by atoms with Crippen LogP contribution in [0.5, 0.6) is 0 Å². The maximum atomic E-state index is 10.6. The predicted molar refractivity (Wildman–Crippen MR) is 65.7 cm³/mol. The zero-order valence-corrected chi connectivity index (χ0v) is 11.3. The summed E-state index contributed by atoms with van der Waals surface area (Å²) in [7, 11) is -0.365. The molecule has 0 saturated heterocycles. The van der Waals surface area contributed by atoms with Gasteiger partial charge in [-0.25, -0.2) is 0 Å². The zero-order chi connectivity index (χ0) is 11.1. The Morgan fingerprint density at radius 3 is 2.67 bits per heavy atom. The van der Waals surface area contributed by atoms with Crippen molar-refractivity contribution in [2.75, 3.05) is 6.61 Å². The number of hydrogen-bond donors (Lipinski definition) is 0. The third-order valence-corrected chi connectivity index (χ3v) is 4.81. The summed E-state index contributed by atoms with van der Waals surface area (Å²) in [5.74, 6) is 1.03. The molecule has 1 aliphatic rings. The van der Waals surface area contributed by atoms with E-state index in [9.17, 15) is 4.79 Å². The van der Waals surface area contributed by atoms with E-state index in [-0.39, 0.29) is 15.5 Å². The summed E-state index contributed by atoms with van der Waals surface area (Å²) >= 11 is 0. The Morgan fingerprint density at radius 1 is 1.40 bits per heavy atom. The minimum absolute atomic E-state index is 0.103. The van der Waals surface area contributed by atoms with Gasteiger partial charge in [0.25, 0.3) is 0 Å². The highest BCUT2D eigenvalue weighted by atomic mass is 28.2. The molecule has 86 valence electrons. The summed E-state index contributed by atoms with van der Waals surface area (Å²) in [4.78, 5) is 10.6. The monoisotopic (exact) mass is 226 g/mol. The molecule has 1 fully saturated rings. The van der Waals surface area contributed by atoms with E-state index in [0.29, 0.717) is 6.61 Å². The molecule has 2 nitrogen and oxygen atoms in total. The number of rotatable bonds is 5. The highest BCUT2D eigenvalue weighted by Gasteiger charge is 2.18. The molecule has 1 aliphatic carbocycles. The van der Waals surface area contributed by atoms with E-state index in [1.54, 1.807) is 13.0 Å². The number of ketones is 1. The molecule has 1 saturated carbocycles. The quantitative estimate of drug-likeness (QED) is 0.408. The lowest BCUT2D eigenvalue weighted by Gasteiger charge is -2.25. The van der Waals surface area contributed by atoms with Crippen LogP contribution in [-0.2, 0) is 9.22 Å². The lowest BCUT2D eigenvalue weighted by Crippen LogP contribution is -2.15. The molecule has 0 atom stereocenters. The van der Waals surface area contributed by atoms with Crippen LogP contribution in [0, 0.1) is 5.92 Å². The Bertz CT molecular complexity index is 218. The molecule has 1 rings (SSSR count). The first-order valence-corrected chi connectivity index (χ1v) is 7.32. The van der Waals surface area contributed by atoms with Gasteiger partial charge in [0.15, 0.2) is 15.5 Å². The van der Waals surface area contributed by atoms with Crippen molar-refractivity contribution in [3.63, 3.8) is 0 Å². The number of carbonyl (C=O) groups excluding carboxylic acids is 1. The third-order valence-electron chi connectivity index (χ3n) is 3.06. The first-order valence-electron chi connectivity index (χ1n) is 5.93. The molecule has 0 aromatic carbocycles. The number of carbonyl (C=O) groups is 1. The maximum Gasteiger partial charge on any atom is 0.165 e. The van der Waals surface area contributed by atoms with Crippen LogP contribution in [0.3, 0.4) is 0 Å². The van der Waals surface area contributed by atoms with Crippen LogP contribution in [0.15, 0.2) is 12.2 Å². The lowest BCUT2D eigenvalue weighted by molar-refractivity contribution is -0.112. The number of allylic oxidation sites excluding steroid dienone is 1. The Hall–Kier alpha value is -0.413. The lowest BCUT2D eigenvalue weighted by atomic mass is 9.90. The second-order valence-corrected chi connectivity index (χ2v) is 6.57. The van der Waals surface area contributed by atoms with E-state index in [2.05, 4.69) is 6.92 Å². The molecular weight excluding hydrogens is 204 g/mol. The summed E-state index contributed by atoms with van der Waals surface area (Å²) in [6, 6.07) is 0. The molecule has 0 aromatic rings. The standard InChI is InChI=1S/C12H22O2Si/c1-10-5-7-12(8-6-10)15-14-9-3-4-11(2)13/h3-4,10,12H,5-9,15H2,1-2H3. The number of hydrogen-bond acceptors (Lipinski definition) is 2. The van der Waals surface area contributed by atoms with Crippen LogP contribution in [0.25, 0.3) is 0 Å². The minimum Gasteiger partial charge on any atom is -0.420 e. The SMILES string of the molecule is CC(=O)C=CCO[SiH2]C1CCC(C)CC1. The van der Waals surface area contributed by atoms with Crippen molar-refractivity contribution in [3.05, 3.63) is 12.2 Å². The molecule has 15 heavy (non-hydrogen) atoms. The smallest absolute Gasteiger partial charge is 0.165 e. The molecule has 0 amide bonds. The van der Waals surface area contributed by atoms with Gasteiger partial charge in [0.05, 0.1) is 6.61 Å². The molecule has 0 N–H and O–H groups in total. The van der Waals surface area contributed by atoms with Crippen LogP contribution < -0.4 is 0 Å². The average molecular weight is 226 g/mol. The largest absolute Gasteiger partial charge is 0.420 e. The Morgan fingerprint density at radius 2 is 2.07 bits per heavy atom. The molecule has 0 unspecified atom stereocenters. The fraction of sp³-hybridized carbons (Fsp3) is 0.750. The van der Waals surface area contributed by atoms with Crippen molar-refractivity contribution in [1.82, 2.24) is 0 Å². The van der Waals surface area contributed by atoms with Gasteiger partial charge in [0, 0.05) is 0 Å². The molecule has 0 radical (unpaired) electrons. The highest BCUT2D eigenvalue weighted by Crippen LogP contribution is 2.31. The van der Waals surface area contributed by atoms with Crippen molar-refractivity contribution in [2.45, 2.75) is 45.1 Å². The summed E-state index contributed by atoms with van der Waals surface area (Å²) in [6.07, 6.45) is 8.92. The van der Waals surface area contributed by atoms with Gasteiger partial charge in [-0.15, -0.1) is 0 Å². The molecule has 0 heterocycles. The fourth-order valence-corrected chi connectivity index (χ4v) is 3.42. The summed E-state index contributed by atoms with van der Waals surface area (Å²) in [5, 5.41) is 0.